The van der Waals surface area contributed by atoms with Crippen LogP contribution in [0.5, 0.6) is 0 Å². The molecule has 0 radical (unpaired) electrons. The van der Waals surface area contributed by atoms with E-state index in [-0.39, 0.29) is 24.8 Å². The van der Waals surface area contributed by atoms with Gasteiger partial charge in [0.25, 0.3) is 0 Å². The van der Waals surface area contributed by atoms with Crippen molar-refractivity contribution in [3.05, 3.63) is 35.7 Å². The summed E-state index contributed by atoms with van der Waals surface area (Å²) in [6.07, 6.45) is 2.19. The van der Waals surface area contributed by atoms with E-state index in [0.717, 1.165) is 18.4 Å². The molecule has 1 atom stereocenters. The number of aryl methyl sites for hydroxylation is 1. The molecule has 0 spiro atoms. The van der Waals surface area contributed by atoms with E-state index < -0.39 is 5.97 Å². The fourth-order valence-electron chi connectivity index (χ4n) is 3.43. The molecular formula is C20H25N3O4. The van der Waals surface area contributed by atoms with Crippen LogP contribution in [0.1, 0.15) is 56.9 Å². The minimum atomic E-state index is -0.871. The van der Waals surface area contributed by atoms with Crippen LogP contribution in [0.15, 0.2) is 28.8 Å². The Morgan fingerprint density at radius 3 is 2.70 bits per heavy atom. The molecule has 1 fully saturated rings. The molecule has 1 aliphatic heterocycles. The van der Waals surface area contributed by atoms with Gasteiger partial charge in [0.15, 0.2) is 0 Å². The summed E-state index contributed by atoms with van der Waals surface area (Å²) in [5.74, 6) is 0.462. The van der Waals surface area contributed by atoms with E-state index in [9.17, 15) is 9.59 Å². The molecule has 1 amide bonds. The van der Waals surface area contributed by atoms with E-state index >= 15 is 0 Å². The molecule has 0 saturated carbocycles. The second kappa shape index (κ2) is 8.33. The third-order valence-corrected chi connectivity index (χ3v) is 4.96. The second-order valence-corrected chi connectivity index (χ2v) is 7.27. The average molecular weight is 371 g/mol. The first-order valence-electron chi connectivity index (χ1n) is 9.38. The number of benzene rings is 1. The molecule has 2 heterocycles. The summed E-state index contributed by atoms with van der Waals surface area (Å²) in [6, 6.07) is 7.84. The number of aliphatic carboxylic acids is 1. The van der Waals surface area contributed by atoms with Gasteiger partial charge in [0.2, 0.25) is 17.6 Å². The summed E-state index contributed by atoms with van der Waals surface area (Å²) in [7, 11) is 0. The number of likely N-dealkylation sites (tertiary alicyclic amines) is 1. The number of rotatable bonds is 7. The maximum absolute atomic E-state index is 12.4. The molecule has 0 aliphatic carbocycles. The SMILES string of the molecule is CC(C)c1ccc(-c2noc(CCC(=O)N3CCCC3CC(=O)O)n2)cc1. The quantitative estimate of drug-likeness (QED) is 0.802. The predicted octanol–water partition coefficient (Wildman–Crippen LogP) is 3.26. The smallest absolute Gasteiger partial charge is 0.305 e. The largest absolute Gasteiger partial charge is 0.481 e. The number of hydrogen-bond donors (Lipinski definition) is 1. The molecular weight excluding hydrogens is 346 g/mol. The van der Waals surface area contributed by atoms with Crippen LogP contribution in [-0.2, 0) is 16.0 Å². The second-order valence-electron chi connectivity index (χ2n) is 7.27. The zero-order chi connectivity index (χ0) is 19.4. The van der Waals surface area contributed by atoms with Gasteiger partial charge in [0.1, 0.15) is 0 Å². The van der Waals surface area contributed by atoms with Crippen LogP contribution in [0, 0.1) is 0 Å². The summed E-state index contributed by atoms with van der Waals surface area (Å²) in [5.41, 5.74) is 2.12. The van der Waals surface area contributed by atoms with Crippen LogP contribution >= 0.6 is 0 Å². The zero-order valence-corrected chi connectivity index (χ0v) is 15.7. The van der Waals surface area contributed by atoms with Crippen LogP contribution in [0.2, 0.25) is 0 Å². The zero-order valence-electron chi connectivity index (χ0n) is 15.7. The van der Waals surface area contributed by atoms with Crippen molar-refractivity contribution in [1.29, 1.82) is 0 Å². The van der Waals surface area contributed by atoms with Gasteiger partial charge in [-0.3, -0.25) is 9.59 Å². The molecule has 1 aromatic carbocycles. The number of carboxylic acids is 1. The van der Waals surface area contributed by atoms with Crippen molar-refractivity contribution in [1.82, 2.24) is 15.0 Å². The van der Waals surface area contributed by atoms with Crippen molar-refractivity contribution in [2.45, 2.75) is 57.9 Å². The Balaban J connectivity index is 1.57. The predicted molar refractivity (Wildman–Crippen MR) is 99.1 cm³/mol. The molecule has 27 heavy (non-hydrogen) atoms. The molecule has 7 heteroatoms. The van der Waals surface area contributed by atoms with Gasteiger partial charge in [-0.15, -0.1) is 0 Å². The van der Waals surface area contributed by atoms with Crippen LogP contribution in [0.25, 0.3) is 11.4 Å². The highest BCUT2D eigenvalue weighted by Crippen LogP contribution is 2.23. The standard InChI is InChI=1S/C20H25N3O4/c1-13(2)14-5-7-15(8-6-14)20-21-17(27-22-20)9-10-18(24)23-11-3-4-16(23)12-19(25)26/h5-8,13,16H,3-4,9-12H2,1-2H3,(H,25,26). The maximum Gasteiger partial charge on any atom is 0.305 e. The van der Waals surface area contributed by atoms with Gasteiger partial charge in [-0.1, -0.05) is 43.3 Å². The highest BCUT2D eigenvalue weighted by Gasteiger charge is 2.30. The van der Waals surface area contributed by atoms with E-state index in [0.29, 0.717) is 30.6 Å². The number of nitrogens with zero attached hydrogens (tertiary/aromatic N) is 3. The van der Waals surface area contributed by atoms with Crippen LogP contribution in [-0.4, -0.2) is 44.6 Å². The Labute approximate surface area is 158 Å². The van der Waals surface area contributed by atoms with E-state index in [1.807, 2.05) is 12.1 Å². The summed E-state index contributed by atoms with van der Waals surface area (Å²) in [4.78, 5) is 29.4. The fourth-order valence-corrected chi connectivity index (χ4v) is 3.43. The highest BCUT2D eigenvalue weighted by molar-refractivity contribution is 5.78. The monoisotopic (exact) mass is 371 g/mol. The summed E-state index contributed by atoms with van der Waals surface area (Å²) < 4.78 is 5.28. The molecule has 1 saturated heterocycles. The number of amides is 1. The molecule has 0 bridgehead atoms. The van der Waals surface area contributed by atoms with Crippen LogP contribution < -0.4 is 0 Å². The number of aromatic nitrogens is 2. The van der Waals surface area contributed by atoms with Crippen LogP contribution in [0.4, 0.5) is 0 Å². The van der Waals surface area contributed by atoms with Crippen molar-refractivity contribution >= 4 is 11.9 Å². The average Bonchev–Trinajstić information content (AvgIpc) is 3.29. The Kier molecular flexibility index (Phi) is 5.88. The van der Waals surface area contributed by atoms with Gasteiger partial charge >= 0.3 is 5.97 Å². The van der Waals surface area contributed by atoms with E-state index in [2.05, 4.69) is 36.1 Å². The number of carbonyl (C=O) groups excluding carboxylic acids is 1. The maximum atomic E-state index is 12.4. The summed E-state index contributed by atoms with van der Waals surface area (Å²) in [5, 5.41) is 13.0. The van der Waals surface area contributed by atoms with E-state index in [1.165, 1.54) is 5.56 Å². The van der Waals surface area contributed by atoms with Crippen LogP contribution in [0.3, 0.4) is 0 Å². The van der Waals surface area contributed by atoms with E-state index in [1.54, 1.807) is 4.90 Å². The Morgan fingerprint density at radius 1 is 1.30 bits per heavy atom. The van der Waals surface area contributed by atoms with E-state index in [4.69, 9.17) is 9.63 Å². The van der Waals surface area contributed by atoms with Crippen molar-refractivity contribution in [2.24, 2.45) is 0 Å². The molecule has 2 aromatic rings. The topological polar surface area (TPSA) is 96.5 Å². The lowest BCUT2D eigenvalue weighted by molar-refractivity contribution is -0.139. The van der Waals surface area contributed by atoms with Gasteiger partial charge in [-0.05, 0) is 24.3 Å². The molecule has 144 valence electrons. The highest BCUT2D eigenvalue weighted by atomic mass is 16.5. The first kappa shape index (κ1) is 19.1. The molecule has 1 unspecified atom stereocenters. The summed E-state index contributed by atoms with van der Waals surface area (Å²) in [6.45, 7) is 4.90. The number of carbonyl (C=O) groups is 2. The third kappa shape index (κ3) is 4.72. The van der Waals surface area contributed by atoms with Gasteiger partial charge < -0.3 is 14.5 Å². The van der Waals surface area contributed by atoms with Gasteiger partial charge in [0.05, 0.1) is 6.42 Å². The van der Waals surface area contributed by atoms with Gasteiger partial charge in [-0.2, -0.15) is 4.98 Å². The third-order valence-electron chi connectivity index (χ3n) is 4.96. The van der Waals surface area contributed by atoms with Crippen molar-refractivity contribution in [3.63, 3.8) is 0 Å². The first-order valence-corrected chi connectivity index (χ1v) is 9.38. The normalized spacial score (nSPS) is 16.9. The molecule has 1 N–H and O–H groups in total. The lowest BCUT2D eigenvalue weighted by Gasteiger charge is -2.23. The minimum Gasteiger partial charge on any atom is -0.481 e. The molecule has 1 aromatic heterocycles. The lowest BCUT2D eigenvalue weighted by Crippen LogP contribution is -2.36. The van der Waals surface area contributed by atoms with Crippen molar-refractivity contribution < 1.29 is 19.2 Å². The van der Waals surface area contributed by atoms with Crippen molar-refractivity contribution in [2.75, 3.05) is 6.54 Å². The first-order chi connectivity index (χ1) is 12.9. The molecule has 7 nitrogen and oxygen atoms in total. The Bertz CT molecular complexity index is 798. The Hall–Kier alpha value is -2.70. The number of hydrogen-bond acceptors (Lipinski definition) is 5. The minimum absolute atomic E-state index is 0.00280. The molecule has 3 rings (SSSR count). The molecule has 1 aliphatic rings. The fraction of sp³-hybridized carbons (Fsp3) is 0.500. The summed E-state index contributed by atoms with van der Waals surface area (Å²) >= 11 is 0. The number of carboxylic acid groups (broad SMARTS) is 1. The lowest BCUT2D eigenvalue weighted by atomic mass is 10.0. The van der Waals surface area contributed by atoms with Gasteiger partial charge in [-0.25, -0.2) is 0 Å². The Morgan fingerprint density at radius 2 is 2.04 bits per heavy atom. The van der Waals surface area contributed by atoms with Gasteiger partial charge in [0, 0.05) is 31.0 Å². The van der Waals surface area contributed by atoms with Crippen molar-refractivity contribution in [3.8, 4) is 11.4 Å².